The van der Waals surface area contributed by atoms with E-state index in [0.717, 1.165) is 18.4 Å². The number of carbonyl (C=O) groups excluding carboxylic acids is 1. The average molecular weight is 369 g/mol. The van der Waals surface area contributed by atoms with Gasteiger partial charge in [0.2, 0.25) is 5.91 Å². The van der Waals surface area contributed by atoms with Gasteiger partial charge in [-0.05, 0) is 44.4 Å². The number of piperidine rings is 1. The number of nitrogens with one attached hydrogen (secondary N) is 1. The molecule has 2 aromatic rings. The van der Waals surface area contributed by atoms with Crippen LogP contribution in [0, 0.1) is 13.8 Å². The van der Waals surface area contributed by atoms with Gasteiger partial charge < -0.3 is 15.0 Å². The molecular formula is C20H23N3O4. The largest absolute Gasteiger partial charge is 0.478 e. The number of aromatic amines is 1. The van der Waals surface area contributed by atoms with Crippen molar-refractivity contribution in [3.63, 3.8) is 0 Å². The Morgan fingerprint density at radius 2 is 1.96 bits per heavy atom. The molecule has 0 aliphatic carbocycles. The summed E-state index contributed by atoms with van der Waals surface area (Å²) in [7, 11) is 0. The van der Waals surface area contributed by atoms with Gasteiger partial charge in [0.05, 0.1) is 12.0 Å². The number of hydrogen-bond acceptors (Lipinski definition) is 4. The predicted molar refractivity (Wildman–Crippen MR) is 100.0 cm³/mol. The Hall–Kier alpha value is -2.96. The summed E-state index contributed by atoms with van der Waals surface area (Å²) in [6, 6.07) is 6.83. The van der Waals surface area contributed by atoms with Crippen molar-refractivity contribution in [3.8, 4) is 0 Å². The third-order valence-corrected chi connectivity index (χ3v) is 5.07. The van der Waals surface area contributed by atoms with Crippen LogP contribution in [-0.2, 0) is 11.2 Å². The molecule has 0 spiro atoms. The van der Waals surface area contributed by atoms with Crippen molar-refractivity contribution in [1.29, 1.82) is 0 Å². The predicted octanol–water partition coefficient (Wildman–Crippen LogP) is 2.03. The van der Waals surface area contributed by atoms with E-state index in [-0.39, 0.29) is 29.4 Å². The van der Waals surface area contributed by atoms with Gasteiger partial charge in [-0.25, -0.2) is 9.78 Å². The van der Waals surface area contributed by atoms with Crippen molar-refractivity contribution in [3.05, 3.63) is 62.8 Å². The second-order valence-electron chi connectivity index (χ2n) is 7.00. The fraction of sp³-hybridized carbons (Fsp3) is 0.400. The number of carbonyl (C=O) groups is 2. The Bertz CT molecular complexity index is 918. The number of hydrogen-bond donors (Lipinski definition) is 2. The van der Waals surface area contributed by atoms with E-state index in [1.165, 1.54) is 0 Å². The molecule has 0 bridgehead atoms. The van der Waals surface area contributed by atoms with Crippen LogP contribution < -0.4 is 5.56 Å². The number of rotatable bonds is 4. The maximum atomic E-state index is 12.7. The first-order chi connectivity index (χ1) is 12.8. The number of aryl methyl sites for hydroxylation is 2. The topological polar surface area (TPSA) is 103 Å². The van der Waals surface area contributed by atoms with E-state index in [0.29, 0.717) is 30.2 Å². The Balaban J connectivity index is 1.71. The number of amides is 1. The second-order valence-corrected chi connectivity index (χ2v) is 7.00. The van der Waals surface area contributed by atoms with Gasteiger partial charge in [0.25, 0.3) is 5.56 Å². The fourth-order valence-corrected chi connectivity index (χ4v) is 3.60. The molecule has 1 atom stereocenters. The van der Waals surface area contributed by atoms with Crippen molar-refractivity contribution in [2.75, 3.05) is 13.1 Å². The molecule has 0 saturated carbocycles. The highest BCUT2D eigenvalue weighted by Crippen LogP contribution is 2.27. The number of carboxylic acids is 1. The van der Waals surface area contributed by atoms with Crippen molar-refractivity contribution < 1.29 is 14.7 Å². The molecule has 1 aliphatic heterocycles. The van der Waals surface area contributed by atoms with Crippen LogP contribution in [0.15, 0.2) is 29.1 Å². The number of H-pyrrole nitrogens is 1. The monoisotopic (exact) mass is 369 g/mol. The van der Waals surface area contributed by atoms with Gasteiger partial charge in [0.15, 0.2) is 0 Å². The van der Waals surface area contributed by atoms with E-state index in [9.17, 15) is 14.4 Å². The van der Waals surface area contributed by atoms with Gasteiger partial charge in [-0.3, -0.25) is 9.59 Å². The molecule has 1 saturated heterocycles. The zero-order chi connectivity index (χ0) is 19.6. The van der Waals surface area contributed by atoms with Crippen molar-refractivity contribution >= 4 is 11.9 Å². The van der Waals surface area contributed by atoms with Crippen LogP contribution in [0.25, 0.3) is 0 Å². The van der Waals surface area contributed by atoms with E-state index >= 15 is 0 Å². The van der Waals surface area contributed by atoms with Gasteiger partial charge in [-0.1, -0.05) is 12.1 Å². The molecule has 1 aliphatic rings. The molecule has 1 amide bonds. The number of benzene rings is 1. The smallest absolute Gasteiger partial charge is 0.335 e. The highest BCUT2D eigenvalue weighted by molar-refractivity contribution is 5.87. The third kappa shape index (κ3) is 4.24. The lowest BCUT2D eigenvalue weighted by atomic mass is 9.90. The van der Waals surface area contributed by atoms with Crippen molar-refractivity contribution in [2.24, 2.45) is 0 Å². The molecule has 0 unspecified atom stereocenters. The first-order valence-corrected chi connectivity index (χ1v) is 9.02. The number of aromatic nitrogens is 2. The zero-order valence-corrected chi connectivity index (χ0v) is 15.5. The van der Waals surface area contributed by atoms with Gasteiger partial charge in [0, 0.05) is 30.3 Å². The molecule has 3 rings (SSSR count). The Labute approximate surface area is 157 Å². The lowest BCUT2D eigenvalue weighted by Crippen LogP contribution is -2.40. The lowest BCUT2D eigenvalue weighted by Gasteiger charge is -2.33. The highest BCUT2D eigenvalue weighted by atomic mass is 16.4. The quantitative estimate of drug-likeness (QED) is 0.858. The summed E-state index contributed by atoms with van der Waals surface area (Å²) < 4.78 is 0. The summed E-state index contributed by atoms with van der Waals surface area (Å²) in [6.07, 6.45) is 1.86. The molecule has 1 aromatic carbocycles. The lowest BCUT2D eigenvalue weighted by molar-refractivity contribution is -0.131. The molecule has 2 N–H and O–H groups in total. The maximum Gasteiger partial charge on any atom is 0.335 e. The van der Waals surface area contributed by atoms with Gasteiger partial charge in [0.1, 0.15) is 5.82 Å². The first kappa shape index (κ1) is 18.8. The third-order valence-electron chi connectivity index (χ3n) is 5.07. The normalized spacial score (nSPS) is 17.0. The number of aromatic carboxylic acids is 1. The minimum atomic E-state index is -0.950. The van der Waals surface area contributed by atoms with Crippen LogP contribution in [-0.4, -0.2) is 44.9 Å². The van der Waals surface area contributed by atoms with Gasteiger partial charge in [-0.2, -0.15) is 0 Å². The van der Waals surface area contributed by atoms with Crippen molar-refractivity contribution in [2.45, 2.75) is 39.0 Å². The minimum Gasteiger partial charge on any atom is -0.478 e. The van der Waals surface area contributed by atoms with Crippen LogP contribution in [0.1, 0.15) is 51.8 Å². The van der Waals surface area contributed by atoms with Crippen LogP contribution in [0.2, 0.25) is 0 Å². The van der Waals surface area contributed by atoms with E-state index < -0.39 is 5.97 Å². The minimum absolute atomic E-state index is 0.0408. The SMILES string of the molecule is Cc1nc(C)c(CC(=O)N2CCC[C@H](c3ccc(C(=O)O)cc3)C2)c(=O)[nH]1. The maximum absolute atomic E-state index is 12.7. The molecule has 27 heavy (non-hydrogen) atoms. The standard InChI is InChI=1S/C20H23N3O4/c1-12-17(19(25)22-13(2)21-12)10-18(24)23-9-3-4-16(11-23)14-5-7-15(8-6-14)20(26)27/h5-8,16H,3-4,9-11H2,1-2H3,(H,26,27)(H,21,22,25)/t16-/m0/s1. The van der Waals surface area contributed by atoms with E-state index in [1.54, 1.807) is 30.9 Å². The average Bonchev–Trinajstić information content (AvgIpc) is 2.64. The van der Waals surface area contributed by atoms with Gasteiger partial charge in [-0.15, -0.1) is 0 Å². The molecule has 0 radical (unpaired) electrons. The summed E-state index contributed by atoms with van der Waals surface area (Å²) in [5.74, 6) is -0.326. The summed E-state index contributed by atoms with van der Waals surface area (Å²) in [5, 5.41) is 9.02. The van der Waals surface area contributed by atoms with E-state index in [4.69, 9.17) is 5.11 Å². The van der Waals surface area contributed by atoms with Crippen LogP contribution in [0.3, 0.4) is 0 Å². The van der Waals surface area contributed by atoms with Gasteiger partial charge >= 0.3 is 5.97 Å². The van der Waals surface area contributed by atoms with E-state index in [1.807, 2.05) is 12.1 Å². The van der Waals surface area contributed by atoms with Crippen LogP contribution in [0.4, 0.5) is 0 Å². The Morgan fingerprint density at radius 3 is 2.59 bits per heavy atom. The zero-order valence-electron chi connectivity index (χ0n) is 15.5. The molecule has 1 fully saturated rings. The highest BCUT2D eigenvalue weighted by Gasteiger charge is 2.26. The molecular weight excluding hydrogens is 346 g/mol. The summed E-state index contributed by atoms with van der Waals surface area (Å²) in [4.78, 5) is 44.6. The molecule has 142 valence electrons. The Kier molecular flexibility index (Phi) is 5.39. The number of nitrogens with zero attached hydrogens (tertiary/aromatic N) is 2. The molecule has 2 heterocycles. The summed E-state index contributed by atoms with van der Waals surface area (Å²) in [5.41, 5.74) is 2.03. The summed E-state index contributed by atoms with van der Waals surface area (Å²) in [6.45, 7) is 4.69. The van der Waals surface area contributed by atoms with E-state index in [2.05, 4.69) is 9.97 Å². The number of likely N-dealkylation sites (tertiary alicyclic amines) is 1. The molecule has 1 aromatic heterocycles. The fourth-order valence-electron chi connectivity index (χ4n) is 3.60. The molecule has 7 nitrogen and oxygen atoms in total. The second kappa shape index (κ2) is 7.73. The van der Waals surface area contributed by atoms with Crippen molar-refractivity contribution in [1.82, 2.24) is 14.9 Å². The van der Waals surface area contributed by atoms with Crippen LogP contribution in [0.5, 0.6) is 0 Å². The summed E-state index contributed by atoms with van der Waals surface area (Å²) >= 11 is 0. The number of carboxylic acid groups (broad SMARTS) is 1. The molecule has 7 heteroatoms. The first-order valence-electron chi connectivity index (χ1n) is 9.02. The van der Waals surface area contributed by atoms with Crippen LogP contribution >= 0.6 is 0 Å². The Morgan fingerprint density at radius 1 is 1.26 bits per heavy atom.